The van der Waals surface area contributed by atoms with E-state index in [1.54, 1.807) is 0 Å². The first-order chi connectivity index (χ1) is 6.91. The average Bonchev–Trinajstić information content (AvgIpc) is 2.52. The van der Waals surface area contributed by atoms with Crippen LogP contribution in [-0.2, 0) is 9.47 Å². The molecular weight excluding hydrogens is 188 g/mol. The quantitative estimate of drug-likeness (QED) is 0.712. The van der Waals surface area contributed by atoms with Crippen molar-refractivity contribution in [2.45, 2.75) is 72.4 Å². The Bertz CT molecular complexity index is 181. The van der Waals surface area contributed by atoms with Crippen molar-refractivity contribution in [1.29, 1.82) is 0 Å². The fourth-order valence-corrected chi connectivity index (χ4v) is 2.16. The lowest BCUT2D eigenvalue weighted by atomic mass is 9.89. The van der Waals surface area contributed by atoms with Gasteiger partial charge >= 0.3 is 0 Å². The third-order valence-corrected chi connectivity index (χ3v) is 3.57. The van der Waals surface area contributed by atoms with Crippen LogP contribution in [0.15, 0.2) is 0 Å². The van der Waals surface area contributed by atoms with Gasteiger partial charge in [0.05, 0.1) is 12.2 Å². The van der Waals surface area contributed by atoms with E-state index in [9.17, 15) is 0 Å². The van der Waals surface area contributed by atoms with Gasteiger partial charge in [-0.1, -0.05) is 40.5 Å². The van der Waals surface area contributed by atoms with Crippen LogP contribution in [-0.4, -0.2) is 18.0 Å². The van der Waals surface area contributed by atoms with Crippen LogP contribution in [0.1, 0.15) is 54.4 Å². The summed E-state index contributed by atoms with van der Waals surface area (Å²) in [5.74, 6) is 0.749. The molecule has 1 saturated heterocycles. The van der Waals surface area contributed by atoms with Crippen LogP contribution in [0.4, 0.5) is 0 Å². The maximum atomic E-state index is 6.01. The smallest absolute Gasteiger partial charge is 0.163 e. The topological polar surface area (TPSA) is 18.5 Å². The van der Waals surface area contributed by atoms with Gasteiger partial charge in [-0.25, -0.2) is 0 Å². The zero-order chi connectivity index (χ0) is 11.6. The van der Waals surface area contributed by atoms with Gasteiger partial charge in [0.15, 0.2) is 5.79 Å². The number of hydrogen-bond donors (Lipinski definition) is 0. The second kappa shape index (κ2) is 4.84. The first-order valence-electron chi connectivity index (χ1n) is 6.27. The summed E-state index contributed by atoms with van der Waals surface area (Å²) in [6.07, 6.45) is 2.83. The van der Waals surface area contributed by atoms with Gasteiger partial charge in [-0.15, -0.1) is 0 Å². The molecule has 0 amide bonds. The Hall–Kier alpha value is -0.0800. The van der Waals surface area contributed by atoms with Crippen LogP contribution in [0, 0.1) is 11.8 Å². The maximum Gasteiger partial charge on any atom is 0.163 e. The second-order valence-electron chi connectivity index (χ2n) is 5.34. The second-order valence-corrected chi connectivity index (χ2v) is 5.34. The number of ether oxygens (including phenoxy) is 2. The molecule has 0 aromatic heterocycles. The summed E-state index contributed by atoms with van der Waals surface area (Å²) in [4.78, 5) is 0. The molecule has 2 heteroatoms. The highest BCUT2D eigenvalue weighted by molar-refractivity contribution is 4.87. The minimum absolute atomic E-state index is 0.264. The van der Waals surface area contributed by atoms with E-state index in [1.165, 1.54) is 0 Å². The van der Waals surface area contributed by atoms with Crippen molar-refractivity contribution < 1.29 is 9.47 Å². The van der Waals surface area contributed by atoms with Gasteiger partial charge in [-0.2, -0.15) is 0 Å². The van der Waals surface area contributed by atoms with Crippen LogP contribution in [0.3, 0.4) is 0 Å². The summed E-state index contributed by atoms with van der Waals surface area (Å²) >= 11 is 0. The maximum absolute atomic E-state index is 6.01. The minimum Gasteiger partial charge on any atom is -0.344 e. The van der Waals surface area contributed by atoms with Crippen molar-refractivity contribution in [3.8, 4) is 0 Å². The summed E-state index contributed by atoms with van der Waals surface area (Å²) in [7, 11) is 0. The largest absolute Gasteiger partial charge is 0.344 e. The van der Waals surface area contributed by atoms with Crippen LogP contribution >= 0.6 is 0 Å². The van der Waals surface area contributed by atoms with E-state index in [-0.39, 0.29) is 12.2 Å². The summed E-state index contributed by atoms with van der Waals surface area (Å²) in [5.41, 5.74) is 0. The van der Waals surface area contributed by atoms with Crippen LogP contribution in [0.25, 0.3) is 0 Å². The summed E-state index contributed by atoms with van der Waals surface area (Å²) < 4.78 is 12.0. The van der Waals surface area contributed by atoms with E-state index in [1.807, 2.05) is 13.8 Å². The van der Waals surface area contributed by atoms with Gasteiger partial charge in [0.1, 0.15) is 0 Å². The molecule has 1 rings (SSSR count). The van der Waals surface area contributed by atoms with Gasteiger partial charge in [0.2, 0.25) is 0 Å². The third-order valence-electron chi connectivity index (χ3n) is 3.57. The molecule has 0 bridgehead atoms. The molecule has 1 fully saturated rings. The predicted molar refractivity (Wildman–Crippen MR) is 62.7 cm³/mol. The molecule has 0 aromatic carbocycles. The van der Waals surface area contributed by atoms with Gasteiger partial charge < -0.3 is 9.47 Å². The Labute approximate surface area is 94.3 Å². The Morgan fingerprint density at radius 3 is 1.53 bits per heavy atom. The predicted octanol–water partition coefficient (Wildman–Crippen LogP) is 3.60. The zero-order valence-corrected chi connectivity index (χ0v) is 11.0. The Morgan fingerprint density at radius 2 is 1.27 bits per heavy atom. The molecule has 2 nitrogen and oxygen atoms in total. The number of rotatable bonds is 4. The highest BCUT2D eigenvalue weighted by Gasteiger charge is 2.44. The zero-order valence-electron chi connectivity index (χ0n) is 11.0. The monoisotopic (exact) mass is 214 g/mol. The van der Waals surface area contributed by atoms with Crippen molar-refractivity contribution in [2.75, 3.05) is 0 Å². The average molecular weight is 214 g/mol. The molecule has 0 spiro atoms. The number of hydrogen-bond acceptors (Lipinski definition) is 2. The van der Waals surface area contributed by atoms with Crippen LogP contribution < -0.4 is 0 Å². The molecule has 1 aliphatic rings. The molecule has 1 heterocycles. The van der Waals surface area contributed by atoms with Crippen molar-refractivity contribution >= 4 is 0 Å². The van der Waals surface area contributed by atoms with E-state index in [0.717, 1.165) is 12.8 Å². The Kier molecular flexibility index (Phi) is 4.19. The van der Waals surface area contributed by atoms with E-state index in [2.05, 4.69) is 27.7 Å². The lowest BCUT2D eigenvalue weighted by molar-refractivity contribution is -0.153. The highest BCUT2D eigenvalue weighted by atomic mass is 16.8. The van der Waals surface area contributed by atoms with E-state index in [4.69, 9.17) is 9.47 Å². The lowest BCUT2D eigenvalue weighted by Gasteiger charge is -2.26. The molecular formula is C13H26O2. The van der Waals surface area contributed by atoms with Crippen molar-refractivity contribution in [1.82, 2.24) is 0 Å². The van der Waals surface area contributed by atoms with Crippen molar-refractivity contribution in [3.05, 3.63) is 0 Å². The summed E-state index contributed by atoms with van der Waals surface area (Å²) in [6, 6.07) is 0. The molecule has 1 aliphatic heterocycles. The minimum atomic E-state index is -0.401. The van der Waals surface area contributed by atoms with E-state index >= 15 is 0 Å². The highest BCUT2D eigenvalue weighted by Crippen LogP contribution is 2.37. The fourth-order valence-electron chi connectivity index (χ4n) is 2.16. The van der Waals surface area contributed by atoms with Crippen molar-refractivity contribution in [2.24, 2.45) is 11.8 Å². The summed E-state index contributed by atoms with van der Waals surface area (Å²) in [6.45, 7) is 13.0. The standard InChI is InChI=1S/C13H26O2/c1-7-9(3)11-12(10(4)8-2)15-13(5,6)14-11/h9-12H,7-8H2,1-6H3/t9-,10-,11-,12-/m1/s1. The fraction of sp³-hybridized carbons (Fsp3) is 1.00. The van der Waals surface area contributed by atoms with Crippen molar-refractivity contribution in [3.63, 3.8) is 0 Å². The SMILES string of the molecule is CC[C@@H](C)[C@H]1OC(C)(C)O[C@@H]1[C@H](C)CC. The third kappa shape index (κ3) is 2.94. The first-order valence-corrected chi connectivity index (χ1v) is 6.27. The van der Waals surface area contributed by atoms with Gasteiger partial charge in [0.25, 0.3) is 0 Å². The molecule has 0 aromatic rings. The van der Waals surface area contributed by atoms with Crippen LogP contribution in [0.5, 0.6) is 0 Å². The van der Waals surface area contributed by atoms with Gasteiger partial charge in [0, 0.05) is 0 Å². The molecule has 0 saturated carbocycles. The van der Waals surface area contributed by atoms with Crippen LogP contribution in [0.2, 0.25) is 0 Å². The first kappa shape index (κ1) is 13.0. The van der Waals surface area contributed by atoms with Gasteiger partial charge in [-0.05, 0) is 25.7 Å². The Morgan fingerprint density at radius 1 is 0.933 bits per heavy atom. The Balaban J connectivity index is 2.74. The molecule has 0 unspecified atom stereocenters. The molecule has 0 N–H and O–H groups in total. The lowest BCUT2D eigenvalue weighted by Crippen LogP contribution is -2.33. The molecule has 4 atom stereocenters. The van der Waals surface area contributed by atoms with Gasteiger partial charge in [-0.3, -0.25) is 0 Å². The molecule has 0 radical (unpaired) electrons. The van der Waals surface area contributed by atoms with E-state index in [0.29, 0.717) is 11.8 Å². The molecule has 90 valence electrons. The van der Waals surface area contributed by atoms with E-state index < -0.39 is 5.79 Å². The summed E-state index contributed by atoms with van der Waals surface area (Å²) in [5, 5.41) is 0. The molecule has 0 aliphatic carbocycles. The normalized spacial score (nSPS) is 34.0. The molecule has 15 heavy (non-hydrogen) atoms.